The quantitative estimate of drug-likeness (QED) is 0.297. The molecule has 4 N–H and O–H groups in total. The van der Waals surface area contributed by atoms with E-state index in [1.54, 1.807) is 55.5 Å². The largest absolute Gasteiger partial charge is 0.435 e. The topological polar surface area (TPSA) is 110 Å². The van der Waals surface area contributed by atoms with Gasteiger partial charge in [0.05, 0.1) is 17.1 Å². The minimum Gasteiger partial charge on any atom is -0.397 e. The molecule has 0 fully saturated rings. The Balaban J connectivity index is 1.58. The van der Waals surface area contributed by atoms with Crippen LogP contribution in [0.2, 0.25) is 0 Å². The molecule has 0 unspecified atom stereocenters. The Kier molecular flexibility index (Phi) is 7.05. The zero-order valence-electron chi connectivity index (χ0n) is 19.6. The van der Waals surface area contributed by atoms with E-state index < -0.39 is 11.9 Å². The highest BCUT2D eigenvalue weighted by atomic mass is 19.4. The number of allylic oxidation sites excluding steroid dienone is 3. The molecule has 0 atom stereocenters. The second kappa shape index (κ2) is 10.4. The molecule has 0 saturated carbocycles. The molecule has 0 bridgehead atoms. The van der Waals surface area contributed by atoms with E-state index in [9.17, 15) is 18.0 Å². The Labute approximate surface area is 210 Å². The summed E-state index contributed by atoms with van der Waals surface area (Å²) in [5.41, 5.74) is 6.55. The maximum Gasteiger partial charge on any atom is 0.435 e. The van der Waals surface area contributed by atoms with Crippen LogP contribution in [0, 0.1) is 0 Å². The fraction of sp³-hybridized carbons (Fsp3) is 0.0769. The average Bonchev–Trinajstić information content (AvgIpc) is 3.29. The minimum atomic E-state index is -4.67. The number of halogens is 3. The smallest absolute Gasteiger partial charge is 0.397 e. The molecule has 3 heterocycles. The summed E-state index contributed by atoms with van der Waals surface area (Å²) >= 11 is 0. The molecule has 0 aliphatic carbocycles. The first-order chi connectivity index (χ1) is 17.7. The summed E-state index contributed by atoms with van der Waals surface area (Å²) in [4.78, 5) is 24.7. The van der Waals surface area contributed by atoms with Crippen LogP contribution in [0.15, 0.2) is 97.1 Å². The number of hydrogen-bond acceptors (Lipinski definition) is 6. The van der Waals surface area contributed by atoms with E-state index in [-0.39, 0.29) is 28.9 Å². The number of nitrogens with two attached hydrogens (primary N) is 1. The maximum atomic E-state index is 13.7. The normalized spacial score (nSPS) is 12.4. The number of amides is 1. The van der Waals surface area contributed by atoms with Crippen molar-refractivity contribution in [3.8, 4) is 11.4 Å². The van der Waals surface area contributed by atoms with Crippen LogP contribution in [0.3, 0.4) is 0 Å². The third-order valence-corrected chi connectivity index (χ3v) is 5.25. The van der Waals surface area contributed by atoms with Crippen molar-refractivity contribution in [2.24, 2.45) is 5.73 Å². The van der Waals surface area contributed by atoms with Crippen LogP contribution >= 0.6 is 0 Å². The number of carbonyl (C=O) groups is 1. The number of alkyl halides is 3. The molecule has 188 valence electrons. The first kappa shape index (κ1) is 25.2. The molecule has 4 rings (SSSR count). The number of hydrogen-bond donors (Lipinski definition) is 3. The van der Waals surface area contributed by atoms with Crippen LogP contribution in [0.5, 0.6) is 0 Å². The second-order valence-electron chi connectivity index (χ2n) is 7.72. The van der Waals surface area contributed by atoms with E-state index in [0.29, 0.717) is 22.6 Å². The highest BCUT2D eigenvalue weighted by molar-refractivity contribution is 5.96. The van der Waals surface area contributed by atoms with Gasteiger partial charge in [-0.05, 0) is 55.5 Å². The number of benzene rings is 1. The van der Waals surface area contributed by atoms with Crippen LogP contribution in [-0.4, -0.2) is 25.3 Å². The summed E-state index contributed by atoms with van der Waals surface area (Å²) in [6.45, 7) is 5.36. The molecule has 37 heavy (non-hydrogen) atoms. The van der Waals surface area contributed by atoms with Crippen molar-refractivity contribution in [2.75, 3.05) is 5.32 Å². The Bertz CT molecular complexity index is 1520. The van der Waals surface area contributed by atoms with E-state index in [2.05, 4.69) is 32.2 Å². The number of rotatable bonds is 7. The highest BCUT2D eigenvalue weighted by Gasteiger charge is 2.38. The molecule has 0 radical (unpaired) electrons. The van der Waals surface area contributed by atoms with Gasteiger partial charge in [0.25, 0.3) is 5.91 Å². The van der Waals surface area contributed by atoms with Crippen molar-refractivity contribution in [1.82, 2.24) is 24.7 Å². The molecular formula is C26H22F3N7O. The third kappa shape index (κ3) is 5.50. The van der Waals surface area contributed by atoms with E-state index in [1.165, 1.54) is 35.0 Å². The van der Waals surface area contributed by atoms with Crippen molar-refractivity contribution in [2.45, 2.75) is 13.1 Å². The molecule has 8 nitrogen and oxygen atoms in total. The predicted molar refractivity (Wildman–Crippen MR) is 135 cm³/mol. The number of aromatic nitrogens is 4. The number of carbonyl (C=O) groups excluding carboxylic acids is 1. The van der Waals surface area contributed by atoms with Crippen molar-refractivity contribution in [3.05, 3.63) is 108 Å². The predicted octanol–water partition coefficient (Wildman–Crippen LogP) is 5.22. The molecule has 0 spiro atoms. The number of fused-ring (bicyclic) bond motifs is 1. The van der Waals surface area contributed by atoms with Gasteiger partial charge in [0.2, 0.25) is 5.95 Å². The van der Waals surface area contributed by atoms with Gasteiger partial charge in [-0.2, -0.15) is 13.2 Å². The maximum absolute atomic E-state index is 13.7. The Morgan fingerprint density at radius 1 is 1.11 bits per heavy atom. The van der Waals surface area contributed by atoms with Gasteiger partial charge in [0, 0.05) is 23.6 Å². The zero-order chi connectivity index (χ0) is 26.6. The SMILES string of the molecule is C=C/C=C(NC(=O)c1ccc(Nc2nccc(-c3c(C(F)(F)F)nc4ccccn34)n2)cc1)\C(N)=C/C. The van der Waals surface area contributed by atoms with Gasteiger partial charge in [0.15, 0.2) is 5.69 Å². The molecule has 3 aromatic heterocycles. The van der Waals surface area contributed by atoms with Gasteiger partial charge in [-0.3, -0.25) is 9.20 Å². The summed E-state index contributed by atoms with van der Waals surface area (Å²) in [7, 11) is 0. The zero-order valence-corrected chi connectivity index (χ0v) is 19.6. The lowest BCUT2D eigenvalue weighted by Crippen LogP contribution is -2.26. The van der Waals surface area contributed by atoms with Crippen molar-refractivity contribution in [1.29, 1.82) is 0 Å². The van der Waals surface area contributed by atoms with E-state index in [1.807, 2.05) is 0 Å². The van der Waals surface area contributed by atoms with Crippen LogP contribution in [0.4, 0.5) is 24.8 Å². The molecule has 1 amide bonds. The van der Waals surface area contributed by atoms with Gasteiger partial charge >= 0.3 is 6.18 Å². The summed E-state index contributed by atoms with van der Waals surface area (Å²) < 4.78 is 42.5. The molecule has 1 aromatic carbocycles. The standard InChI is InChI=1S/C26H22F3N7O/c1-3-7-19(18(30)4-2)33-24(37)16-9-11-17(12-10-16)32-25-31-14-13-20(34-25)22-23(26(27,28)29)35-21-8-5-6-15-36(21)22/h3-15H,1,30H2,2H3,(H,33,37)(H,31,32,34)/b18-4+,19-7+. The number of nitrogens with one attached hydrogen (secondary N) is 2. The minimum absolute atomic E-state index is 0.0441. The van der Waals surface area contributed by atoms with E-state index in [4.69, 9.17) is 5.73 Å². The van der Waals surface area contributed by atoms with Crippen LogP contribution in [0.1, 0.15) is 23.0 Å². The first-order valence-electron chi connectivity index (χ1n) is 11.0. The molecule has 4 aromatic rings. The first-order valence-corrected chi connectivity index (χ1v) is 11.0. The Morgan fingerprint density at radius 2 is 1.86 bits per heavy atom. The van der Waals surface area contributed by atoms with Crippen molar-refractivity contribution >= 4 is 23.2 Å². The van der Waals surface area contributed by atoms with Gasteiger partial charge < -0.3 is 16.4 Å². The van der Waals surface area contributed by atoms with Gasteiger partial charge in [-0.25, -0.2) is 15.0 Å². The monoisotopic (exact) mass is 505 g/mol. The second-order valence-corrected chi connectivity index (χ2v) is 7.72. The molecular weight excluding hydrogens is 483 g/mol. The molecule has 0 aliphatic heterocycles. The number of anilines is 2. The summed E-state index contributed by atoms with van der Waals surface area (Å²) in [5.74, 6) is -0.305. The van der Waals surface area contributed by atoms with E-state index >= 15 is 0 Å². The molecule has 0 aliphatic rings. The Morgan fingerprint density at radius 3 is 2.54 bits per heavy atom. The average molecular weight is 506 g/mol. The lowest BCUT2D eigenvalue weighted by Gasteiger charge is -2.11. The molecule has 0 saturated heterocycles. The summed E-state index contributed by atoms with van der Waals surface area (Å²) in [6.07, 6.45) is 2.93. The van der Waals surface area contributed by atoms with Crippen LogP contribution in [0.25, 0.3) is 17.0 Å². The highest BCUT2D eigenvalue weighted by Crippen LogP contribution is 2.36. The van der Waals surface area contributed by atoms with Crippen molar-refractivity contribution in [3.63, 3.8) is 0 Å². The van der Waals surface area contributed by atoms with Crippen LogP contribution < -0.4 is 16.4 Å². The van der Waals surface area contributed by atoms with Crippen LogP contribution in [-0.2, 0) is 6.18 Å². The lowest BCUT2D eigenvalue weighted by atomic mass is 10.1. The summed E-state index contributed by atoms with van der Waals surface area (Å²) in [6, 6.07) is 12.5. The van der Waals surface area contributed by atoms with Crippen molar-refractivity contribution < 1.29 is 18.0 Å². The number of imidazole rings is 1. The Hall–Kier alpha value is -4.93. The number of pyridine rings is 1. The van der Waals surface area contributed by atoms with Gasteiger partial charge in [-0.15, -0.1) is 0 Å². The molecule has 11 heteroatoms. The summed E-state index contributed by atoms with van der Waals surface area (Å²) in [5, 5.41) is 5.67. The lowest BCUT2D eigenvalue weighted by molar-refractivity contribution is -0.140. The van der Waals surface area contributed by atoms with Gasteiger partial charge in [0.1, 0.15) is 11.3 Å². The fourth-order valence-corrected chi connectivity index (χ4v) is 3.50. The fourth-order valence-electron chi connectivity index (χ4n) is 3.50. The van der Waals surface area contributed by atoms with Gasteiger partial charge in [-0.1, -0.05) is 24.8 Å². The van der Waals surface area contributed by atoms with E-state index in [0.717, 1.165) is 0 Å². The number of nitrogens with zero attached hydrogens (tertiary/aromatic N) is 4. The third-order valence-electron chi connectivity index (χ3n) is 5.25.